The molecule has 3 N–H and O–H groups in total. The molecule has 0 bridgehead atoms. The van der Waals surface area contributed by atoms with E-state index in [1.807, 2.05) is 0 Å². The van der Waals surface area contributed by atoms with Gasteiger partial charge in [-0.25, -0.2) is 0 Å². The number of carbonyl (C=O) groups is 1. The zero-order valence-corrected chi connectivity index (χ0v) is 11.2. The molecule has 0 aliphatic rings. The Morgan fingerprint density at radius 1 is 1.71 bits per heavy atom. The van der Waals surface area contributed by atoms with E-state index >= 15 is 0 Å². The van der Waals surface area contributed by atoms with Crippen molar-refractivity contribution in [1.29, 1.82) is 0 Å². The van der Waals surface area contributed by atoms with Crippen molar-refractivity contribution in [3.8, 4) is 0 Å². The van der Waals surface area contributed by atoms with Crippen molar-refractivity contribution in [2.75, 3.05) is 12.3 Å². The minimum atomic E-state index is -4.20. The normalized spacial score (nSPS) is 15.1. The van der Waals surface area contributed by atoms with E-state index < -0.39 is 27.1 Å². The molecular formula is C7H14NNaO4S. The topological polar surface area (TPSA) is 97.5 Å². The van der Waals surface area contributed by atoms with Crippen LogP contribution in [0.1, 0.15) is 8.35 Å². The molecule has 0 heterocycles. The second kappa shape index (κ2) is 5.99. The van der Waals surface area contributed by atoms with Crippen molar-refractivity contribution in [1.82, 2.24) is 0 Å². The first kappa shape index (κ1) is 16.7. The van der Waals surface area contributed by atoms with Crippen molar-refractivity contribution in [2.24, 2.45) is 11.1 Å². The molecule has 0 amide bonds. The molecule has 0 spiro atoms. The van der Waals surface area contributed by atoms with E-state index in [1.165, 1.54) is 6.92 Å². The van der Waals surface area contributed by atoms with Gasteiger partial charge in [-0.05, 0) is 13.0 Å². The first-order valence-electron chi connectivity index (χ1n) is 3.57. The Morgan fingerprint density at radius 3 is 2.36 bits per heavy atom. The van der Waals surface area contributed by atoms with Crippen molar-refractivity contribution in [3.05, 3.63) is 12.7 Å². The summed E-state index contributed by atoms with van der Waals surface area (Å²) in [6.07, 6.45) is 0.998. The molecule has 0 fully saturated rings. The SMILES string of the molecule is C=CC(=O)C(C)(CN)CS(=O)(=O)O.[H-].[Na+]. The van der Waals surface area contributed by atoms with E-state index in [-0.39, 0.29) is 37.5 Å². The maximum Gasteiger partial charge on any atom is 1.00 e. The van der Waals surface area contributed by atoms with E-state index in [1.54, 1.807) is 0 Å². The van der Waals surface area contributed by atoms with Crippen LogP contribution in [0.5, 0.6) is 0 Å². The van der Waals surface area contributed by atoms with Crippen LogP contribution >= 0.6 is 0 Å². The second-order valence-electron chi connectivity index (χ2n) is 3.06. The summed E-state index contributed by atoms with van der Waals surface area (Å²) in [5, 5.41) is 0. The van der Waals surface area contributed by atoms with Gasteiger partial charge in [0.25, 0.3) is 10.1 Å². The maximum atomic E-state index is 11.2. The first-order valence-corrected chi connectivity index (χ1v) is 5.18. The van der Waals surface area contributed by atoms with Gasteiger partial charge in [0.1, 0.15) is 0 Å². The van der Waals surface area contributed by atoms with Crippen LogP contribution in [0.2, 0.25) is 0 Å². The van der Waals surface area contributed by atoms with Crippen LogP contribution in [0, 0.1) is 5.41 Å². The Balaban J connectivity index is -0.000000720. The maximum absolute atomic E-state index is 11.2. The van der Waals surface area contributed by atoms with Crippen molar-refractivity contribution in [3.63, 3.8) is 0 Å². The summed E-state index contributed by atoms with van der Waals surface area (Å²) in [5.41, 5.74) is 3.96. The van der Waals surface area contributed by atoms with Crippen molar-refractivity contribution in [2.45, 2.75) is 6.92 Å². The Bertz CT molecular complexity index is 319. The van der Waals surface area contributed by atoms with Crippen LogP contribution in [-0.2, 0) is 14.9 Å². The quantitative estimate of drug-likeness (QED) is 0.293. The van der Waals surface area contributed by atoms with Gasteiger partial charge >= 0.3 is 29.6 Å². The number of hydrogen-bond donors (Lipinski definition) is 2. The number of hydrogen-bond acceptors (Lipinski definition) is 4. The molecule has 5 nitrogen and oxygen atoms in total. The molecule has 0 aromatic heterocycles. The predicted octanol–water partition coefficient (Wildman–Crippen LogP) is -3.29. The van der Waals surface area contributed by atoms with Gasteiger partial charge in [-0.3, -0.25) is 9.35 Å². The van der Waals surface area contributed by atoms with E-state index in [0.29, 0.717) is 0 Å². The molecule has 78 valence electrons. The molecule has 0 saturated carbocycles. The van der Waals surface area contributed by atoms with Gasteiger partial charge in [0.15, 0.2) is 5.78 Å². The zero-order chi connectivity index (χ0) is 10.7. The third kappa shape index (κ3) is 5.23. The third-order valence-electron chi connectivity index (χ3n) is 1.73. The van der Waals surface area contributed by atoms with Gasteiger partial charge in [0.05, 0.1) is 11.2 Å². The molecule has 14 heavy (non-hydrogen) atoms. The summed E-state index contributed by atoms with van der Waals surface area (Å²) in [7, 11) is -4.20. The third-order valence-corrected chi connectivity index (χ3v) is 2.73. The van der Waals surface area contributed by atoms with Gasteiger partial charge in [-0.1, -0.05) is 6.58 Å². The van der Waals surface area contributed by atoms with Gasteiger partial charge in [-0.15, -0.1) is 0 Å². The van der Waals surface area contributed by atoms with Crippen LogP contribution in [-0.4, -0.2) is 31.1 Å². The number of ketones is 1. The Morgan fingerprint density at radius 2 is 2.14 bits per heavy atom. The number of allylic oxidation sites excluding steroid dienone is 1. The average Bonchev–Trinajstić information content (AvgIpc) is 1.99. The number of rotatable bonds is 5. The van der Waals surface area contributed by atoms with Crippen LogP contribution in [0.4, 0.5) is 0 Å². The van der Waals surface area contributed by atoms with Crippen LogP contribution in [0.15, 0.2) is 12.7 Å². The van der Waals surface area contributed by atoms with Crippen molar-refractivity contribution < 1.29 is 48.7 Å². The molecule has 7 heteroatoms. The van der Waals surface area contributed by atoms with Gasteiger partial charge in [0.2, 0.25) is 0 Å². The number of carbonyl (C=O) groups excluding carboxylic acids is 1. The summed E-state index contributed by atoms with van der Waals surface area (Å²) in [5.74, 6) is -1.17. The van der Waals surface area contributed by atoms with E-state index in [0.717, 1.165) is 6.08 Å². The predicted molar refractivity (Wildman–Crippen MR) is 49.9 cm³/mol. The molecule has 0 saturated heterocycles. The Labute approximate surface area is 107 Å². The molecule has 0 aliphatic heterocycles. The molecular weight excluding hydrogens is 217 g/mol. The average molecular weight is 231 g/mol. The second-order valence-corrected chi connectivity index (χ2v) is 4.51. The van der Waals surface area contributed by atoms with Crippen LogP contribution in [0.3, 0.4) is 0 Å². The molecule has 0 aromatic carbocycles. The summed E-state index contributed by atoms with van der Waals surface area (Å²) in [6.45, 7) is 4.43. The van der Waals surface area contributed by atoms with Crippen LogP contribution < -0.4 is 35.3 Å². The summed E-state index contributed by atoms with van der Waals surface area (Å²) in [4.78, 5) is 11.2. The monoisotopic (exact) mass is 231 g/mol. The van der Waals surface area contributed by atoms with E-state index in [9.17, 15) is 13.2 Å². The summed E-state index contributed by atoms with van der Waals surface area (Å²) >= 11 is 0. The molecule has 1 unspecified atom stereocenters. The van der Waals surface area contributed by atoms with Gasteiger partial charge in [0, 0.05) is 6.54 Å². The van der Waals surface area contributed by atoms with E-state index in [2.05, 4.69) is 6.58 Å². The Hall–Kier alpha value is 0.280. The fourth-order valence-electron chi connectivity index (χ4n) is 0.880. The zero-order valence-electron chi connectivity index (χ0n) is 9.36. The molecule has 0 aromatic rings. The summed E-state index contributed by atoms with van der Waals surface area (Å²) in [6, 6.07) is 0. The van der Waals surface area contributed by atoms with Crippen LogP contribution in [0.25, 0.3) is 0 Å². The standard InChI is InChI=1S/C7H13NO4S.Na.H/c1-3-6(9)7(2,4-8)5-13(10,11)12;;/h3H,1,4-5,8H2,2H3,(H,10,11,12);;/q;+1;-1. The molecule has 0 rings (SSSR count). The minimum absolute atomic E-state index is 0. The number of nitrogens with two attached hydrogens (primary N) is 1. The van der Waals surface area contributed by atoms with Crippen molar-refractivity contribution >= 4 is 15.9 Å². The van der Waals surface area contributed by atoms with Gasteiger partial charge < -0.3 is 7.16 Å². The molecule has 0 radical (unpaired) electrons. The fourth-order valence-corrected chi connectivity index (χ4v) is 1.94. The first-order chi connectivity index (χ1) is 5.75. The fraction of sp³-hybridized carbons (Fsp3) is 0.571. The largest absolute Gasteiger partial charge is 1.00 e. The summed E-state index contributed by atoms with van der Waals surface area (Å²) < 4.78 is 29.6. The molecule has 0 aliphatic carbocycles. The smallest absolute Gasteiger partial charge is 1.00 e. The van der Waals surface area contributed by atoms with E-state index in [4.69, 9.17) is 10.3 Å². The molecule has 1 atom stereocenters. The van der Waals surface area contributed by atoms with Gasteiger partial charge in [-0.2, -0.15) is 8.42 Å². The minimum Gasteiger partial charge on any atom is -1.00 e. The Kier molecular flexibility index (Phi) is 7.15.